The summed E-state index contributed by atoms with van der Waals surface area (Å²) in [5, 5.41) is 8.05. The molecule has 1 aliphatic carbocycles. The minimum absolute atomic E-state index is 0.0977. The van der Waals surface area contributed by atoms with Gasteiger partial charge in [-0.3, -0.25) is 0 Å². The standard InChI is InChI=1S/C15H18ClN3O2/c1-8-6-12(13(20-3)7-11(8)16)17-9(2)15-18-14(19-21-15)10-4-5-10/h6-7,9-10,17H,4-5H2,1-3H3. The first-order valence-electron chi connectivity index (χ1n) is 7.02. The summed E-state index contributed by atoms with van der Waals surface area (Å²) in [6.45, 7) is 3.93. The lowest BCUT2D eigenvalue weighted by Crippen LogP contribution is -2.08. The van der Waals surface area contributed by atoms with Crippen LogP contribution in [0.5, 0.6) is 5.75 Å². The predicted molar refractivity (Wildman–Crippen MR) is 81.1 cm³/mol. The second-order valence-corrected chi connectivity index (χ2v) is 5.84. The number of rotatable bonds is 5. The highest BCUT2D eigenvalue weighted by Crippen LogP contribution is 2.39. The molecule has 1 unspecified atom stereocenters. The second-order valence-electron chi connectivity index (χ2n) is 5.43. The molecule has 0 aliphatic heterocycles. The van der Waals surface area contributed by atoms with Crippen LogP contribution < -0.4 is 10.1 Å². The summed E-state index contributed by atoms with van der Waals surface area (Å²) in [6.07, 6.45) is 2.32. The van der Waals surface area contributed by atoms with Crippen LogP contribution in [-0.4, -0.2) is 17.3 Å². The van der Waals surface area contributed by atoms with Crippen LogP contribution in [0.3, 0.4) is 0 Å². The van der Waals surface area contributed by atoms with Gasteiger partial charge in [-0.2, -0.15) is 4.98 Å². The Balaban J connectivity index is 1.79. The van der Waals surface area contributed by atoms with Crippen molar-refractivity contribution in [1.82, 2.24) is 10.1 Å². The van der Waals surface area contributed by atoms with Crippen molar-refractivity contribution in [2.24, 2.45) is 0 Å². The van der Waals surface area contributed by atoms with E-state index in [0.717, 1.165) is 29.9 Å². The van der Waals surface area contributed by atoms with E-state index in [2.05, 4.69) is 15.5 Å². The largest absolute Gasteiger partial charge is 0.495 e. The van der Waals surface area contributed by atoms with Gasteiger partial charge in [-0.1, -0.05) is 16.8 Å². The van der Waals surface area contributed by atoms with Gasteiger partial charge < -0.3 is 14.6 Å². The van der Waals surface area contributed by atoms with E-state index in [-0.39, 0.29) is 6.04 Å². The summed E-state index contributed by atoms with van der Waals surface area (Å²) in [4.78, 5) is 4.46. The molecule has 1 heterocycles. The number of methoxy groups -OCH3 is 1. The van der Waals surface area contributed by atoms with Gasteiger partial charge in [-0.05, 0) is 38.3 Å². The average Bonchev–Trinajstić information content (AvgIpc) is 3.20. The molecule has 0 amide bonds. The van der Waals surface area contributed by atoms with Crippen LogP contribution in [0.2, 0.25) is 5.02 Å². The van der Waals surface area contributed by atoms with Gasteiger partial charge in [0.15, 0.2) is 5.82 Å². The van der Waals surface area contributed by atoms with E-state index in [1.807, 2.05) is 19.9 Å². The van der Waals surface area contributed by atoms with Gasteiger partial charge in [0, 0.05) is 17.0 Å². The zero-order valence-electron chi connectivity index (χ0n) is 12.3. The van der Waals surface area contributed by atoms with Crippen molar-refractivity contribution in [3.8, 4) is 5.75 Å². The molecule has 6 heteroatoms. The molecule has 0 saturated heterocycles. The molecule has 3 rings (SSSR count). The molecule has 1 atom stereocenters. The Kier molecular flexibility index (Phi) is 3.76. The lowest BCUT2D eigenvalue weighted by molar-refractivity contribution is 0.362. The molecule has 1 aromatic carbocycles. The van der Waals surface area contributed by atoms with Crippen molar-refractivity contribution >= 4 is 17.3 Å². The molecule has 1 saturated carbocycles. The number of hydrogen-bond donors (Lipinski definition) is 1. The number of anilines is 1. The molecule has 2 aromatic rings. The Morgan fingerprint density at radius 1 is 1.43 bits per heavy atom. The van der Waals surface area contributed by atoms with Gasteiger partial charge >= 0.3 is 0 Å². The van der Waals surface area contributed by atoms with Gasteiger partial charge in [0.2, 0.25) is 5.89 Å². The number of nitrogens with zero attached hydrogens (tertiary/aromatic N) is 2. The number of hydrogen-bond acceptors (Lipinski definition) is 5. The number of aryl methyl sites for hydroxylation is 1. The third-order valence-corrected chi connectivity index (χ3v) is 4.03. The minimum atomic E-state index is -0.0977. The van der Waals surface area contributed by atoms with E-state index in [1.165, 1.54) is 0 Å². The van der Waals surface area contributed by atoms with Crippen LogP contribution in [0.4, 0.5) is 5.69 Å². The van der Waals surface area contributed by atoms with Crippen molar-refractivity contribution in [1.29, 1.82) is 0 Å². The number of halogens is 1. The van der Waals surface area contributed by atoms with Crippen LogP contribution in [0.15, 0.2) is 16.7 Å². The fraction of sp³-hybridized carbons (Fsp3) is 0.467. The van der Waals surface area contributed by atoms with E-state index in [1.54, 1.807) is 13.2 Å². The van der Waals surface area contributed by atoms with Crippen molar-refractivity contribution < 1.29 is 9.26 Å². The highest BCUT2D eigenvalue weighted by molar-refractivity contribution is 6.31. The summed E-state index contributed by atoms with van der Waals surface area (Å²) in [6, 6.07) is 3.66. The van der Waals surface area contributed by atoms with E-state index in [9.17, 15) is 0 Å². The highest BCUT2D eigenvalue weighted by atomic mass is 35.5. The van der Waals surface area contributed by atoms with E-state index < -0.39 is 0 Å². The number of aromatic nitrogens is 2. The molecular weight excluding hydrogens is 290 g/mol. The molecule has 1 fully saturated rings. The molecule has 0 bridgehead atoms. The Bertz CT molecular complexity index is 652. The van der Waals surface area contributed by atoms with E-state index in [0.29, 0.717) is 22.6 Å². The average molecular weight is 308 g/mol. The topological polar surface area (TPSA) is 60.2 Å². The molecule has 0 radical (unpaired) electrons. The van der Waals surface area contributed by atoms with Crippen molar-refractivity contribution in [3.63, 3.8) is 0 Å². The smallest absolute Gasteiger partial charge is 0.248 e. The summed E-state index contributed by atoms with van der Waals surface area (Å²) in [5.74, 6) is 2.59. The van der Waals surface area contributed by atoms with Crippen LogP contribution in [0.25, 0.3) is 0 Å². The van der Waals surface area contributed by atoms with Gasteiger partial charge in [0.25, 0.3) is 0 Å². The summed E-state index contributed by atoms with van der Waals surface area (Å²) in [5.41, 5.74) is 1.84. The van der Waals surface area contributed by atoms with Crippen molar-refractivity contribution in [2.45, 2.75) is 38.6 Å². The highest BCUT2D eigenvalue weighted by Gasteiger charge is 2.29. The molecule has 112 valence electrons. The first-order valence-corrected chi connectivity index (χ1v) is 7.40. The van der Waals surface area contributed by atoms with Gasteiger partial charge in [-0.25, -0.2) is 0 Å². The molecule has 1 aromatic heterocycles. The number of ether oxygens (including phenoxy) is 1. The summed E-state index contributed by atoms with van der Waals surface area (Å²) >= 11 is 6.11. The lowest BCUT2D eigenvalue weighted by atomic mass is 10.2. The van der Waals surface area contributed by atoms with Crippen molar-refractivity contribution in [3.05, 3.63) is 34.4 Å². The molecule has 21 heavy (non-hydrogen) atoms. The molecule has 1 aliphatic rings. The third-order valence-electron chi connectivity index (χ3n) is 3.62. The van der Waals surface area contributed by atoms with Crippen molar-refractivity contribution in [2.75, 3.05) is 12.4 Å². The van der Waals surface area contributed by atoms with Crippen LogP contribution in [-0.2, 0) is 0 Å². The van der Waals surface area contributed by atoms with Crippen LogP contribution >= 0.6 is 11.6 Å². The molecule has 5 nitrogen and oxygen atoms in total. The van der Waals surface area contributed by atoms with Gasteiger partial charge in [0.1, 0.15) is 11.8 Å². The third kappa shape index (κ3) is 2.97. The predicted octanol–water partition coefficient (Wildman–Crippen LogP) is 4.09. The van der Waals surface area contributed by atoms with Crippen LogP contribution in [0.1, 0.15) is 49.0 Å². The summed E-state index contributed by atoms with van der Waals surface area (Å²) in [7, 11) is 1.62. The van der Waals surface area contributed by atoms with E-state index in [4.69, 9.17) is 20.9 Å². The van der Waals surface area contributed by atoms with E-state index >= 15 is 0 Å². The summed E-state index contributed by atoms with van der Waals surface area (Å²) < 4.78 is 10.7. The van der Waals surface area contributed by atoms with Crippen LogP contribution in [0, 0.1) is 6.92 Å². The monoisotopic (exact) mass is 307 g/mol. The minimum Gasteiger partial charge on any atom is -0.495 e. The Labute approximate surface area is 128 Å². The zero-order valence-corrected chi connectivity index (χ0v) is 13.1. The maximum absolute atomic E-state index is 6.11. The molecule has 1 N–H and O–H groups in total. The Morgan fingerprint density at radius 2 is 2.19 bits per heavy atom. The quantitative estimate of drug-likeness (QED) is 0.901. The number of benzene rings is 1. The maximum atomic E-state index is 6.11. The fourth-order valence-electron chi connectivity index (χ4n) is 2.17. The normalized spacial score (nSPS) is 15.8. The first kappa shape index (κ1) is 14.2. The first-order chi connectivity index (χ1) is 10.1. The Hall–Kier alpha value is -1.75. The lowest BCUT2D eigenvalue weighted by Gasteiger charge is -2.16. The second kappa shape index (κ2) is 5.56. The zero-order chi connectivity index (χ0) is 15.0. The fourth-order valence-corrected chi connectivity index (χ4v) is 2.32. The SMILES string of the molecule is COc1cc(Cl)c(C)cc1NC(C)c1nc(C2CC2)no1. The van der Waals surface area contributed by atoms with Gasteiger partial charge in [-0.15, -0.1) is 0 Å². The Morgan fingerprint density at radius 3 is 2.86 bits per heavy atom. The van der Waals surface area contributed by atoms with Gasteiger partial charge in [0.05, 0.1) is 12.8 Å². The molecule has 0 spiro atoms. The molecular formula is C15H18ClN3O2. The maximum Gasteiger partial charge on any atom is 0.248 e. The number of nitrogens with one attached hydrogen (secondary N) is 1.